The maximum Gasteiger partial charge on any atom is 0.233 e. The van der Waals surface area contributed by atoms with Gasteiger partial charge in [0, 0.05) is 32.1 Å². The number of nitrogens with one attached hydrogen (secondary N) is 1. The maximum absolute atomic E-state index is 13.8. The van der Waals surface area contributed by atoms with Crippen LogP contribution in [-0.4, -0.2) is 66.2 Å². The van der Waals surface area contributed by atoms with Gasteiger partial charge in [0.25, 0.3) is 0 Å². The number of amides is 2. The average molecular weight is 492 g/mol. The monoisotopic (exact) mass is 491 g/mol. The third-order valence-corrected chi connectivity index (χ3v) is 10.2. The van der Waals surface area contributed by atoms with Crippen molar-refractivity contribution in [3.63, 3.8) is 0 Å². The van der Waals surface area contributed by atoms with E-state index >= 15 is 0 Å². The Morgan fingerprint density at radius 3 is 2.06 bits per heavy atom. The molecule has 7 rings (SSSR count). The second-order valence-electron chi connectivity index (χ2n) is 12.1. The zero-order chi connectivity index (χ0) is 22.5. The standard InChI is InChI=1S/C27H41N3O3.ClH/c31-25(24-19-12-17-11-18(14-19)15-20(24)13-17)23-16-28-7-10-29(23)8-3-4-9-30-26(32)21-5-1-2-6-22(21)27(30)33;/h17-24,28H,1-16H2;1H. The van der Waals surface area contributed by atoms with E-state index in [0.29, 0.717) is 30.1 Å². The lowest BCUT2D eigenvalue weighted by atomic mass is 9.50. The zero-order valence-electron chi connectivity index (χ0n) is 20.5. The van der Waals surface area contributed by atoms with Gasteiger partial charge in [0.15, 0.2) is 5.78 Å². The first-order valence-electron chi connectivity index (χ1n) is 13.9. The summed E-state index contributed by atoms with van der Waals surface area (Å²) in [6.07, 6.45) is 12.3. The summed E-state index contributed by atoms with van der Waals surface area (Å²) in [5.74, 6) is 4.00. The van der Waals surface area contributed by atoms with Crippen molar-refractivity contribution in [2.45, 2.75) is 76.7 Å². The van der Waals surface area contributed by atoms with Gasteiger partial charge >= 0.3 is 0 Å². The molecule has 5 saturated carbocycles. The normalized spacial score (nSPS) is 41.5. The Morgan fingerprint density at radius 2 is 1.44 bits per heavy atom. The van der Waals surface area contributed by atoms with Crippen molar-refractivity contribution < 1.29 is 14.4 Å². The summed E-state index contributed by atoms with van der Waals surface area (Å²) in [7, 11) is 0. The van der Waals surface area contributed by atoms with Gasteiger partial charge in [-0.05, 0) is 88.0 Å². The van der Waals surface area contributed by atoms with Gasteiger partial charge in [-0.15, -0.1) is 12.4 Å². The second-order valence-corrected chi connectivity index (χ2v) is 12.1. The third-order valence-electron chi connectivity index (χ3n) is 10.2. The fourth-order valence-electron chi connectivity index (χ4n) is 8.94. The summed E-state index contributed by atoms with van der Waals surface area (Å²) in [4.78, 5) is 43.2. The van der Waals surface area contributed by atoms with Crippen LogP contribution in [0.1, 0.15) is 70.6 Å². The largest absolute Gasteiger partial charge is 0.313 e. The van der Waals surface area contributed by atoms with Gasteiger partial charge < -0.3 is 5.32 Å². The molecule has 3 unspecified atom stereocenters. The third kappa shape index (κ3) is 4.37. The number of unbranched alkanes of at least 4 members (excludes halogenated alkanes) is 1. The molecule has 2 heterocycles. The number of piperazine rings is 1. The summed E-state index contributed by atoms with van der Waals surface area (Å²) in [6, 6.07) is 0.0131. The molecule has 0 aromatic carbocycles. The van der Waals surface area contributed by atoms with Crippen molar-refractivity contribution in [1.29, 1.82) is 0 Å². The first kappa shape index (κ1) is 24.7. The molecule has 190 valence electrons. The van der Waals surface area contributed by atoms with E-state index in [0.717, 1.165) is 76.5 Å². The number of hydrogen-bond donors (Lipinski definition) is 1. The van der Waals surface area contributed by atoms with Gasteiger partial charge in [-0.3, -0.25) is 24.2 Å². The lowest BCUT2D eigenvalue weighted by molar-refractivity contribution is -0.142. The lowest BCUT2D eigenvalue weighted by Gasteiger charge is -2.55. The molecule has 3 atom stereocenters. The van der Waals surface area contributed by atoms with Gasteiger partial charge in [0.2, 0.25) is 11.8 Å². The summed E-state index contributed by atoms with van der Waals surface area (Å²) in [5.41, 5.74) is 0. The van der Waals surface area contributed by atoms with Crippen LogP contribution in [0.5, 0.6) is 0 Å². The lowest BCUT2D eigenvalue weighted by Crippen LogP contribution is -2.59. The Kier molecular flexibility index (Phi) is 7.39. The SMILES string of the molecule is Cl.O=C(C1C2CC3CC(C2)CC1C3)C1CNCCN1CCCCN1C(=O)C2CCCCC2C1=O. The number of ketones is 1. The molecule has 0 aromatic heterocycles. The number of rotatable bonds is 7. The van der Waals surface area contributed by atoms with Crippen LogP contribution in [0.25, 0.3) is 0 Å². The molecular weight excluding hydrogens is 450 g/mol. The van der Waals surface area contributed by atoms with Gasteiger partial charge in [-0.2, -0.15) is 0 Å². The number of likely N-dealkylation sites (tertiary alicyclic amines) is 1. The van der Waals surface area contributed by atoms with Crippen LogP contribution in [0.15, 0.2) is 0 Å². The molecule has 6 nitrogen and oxygen atoms in total. The molecule has 7 heteroatoms. The number of Topliss-reactive ketones (excluding diaryl/α,β-unsaturated/α-hetero) is 1. The van der Waals surface area contributed by atoms with Crippen LogP contribution >= 0.6 is 12.4 Å². The van der Waals surface area contributed by atoms with Crippen molar-refractivity contribution >= 4 is 30.0 Å². The van der Waals surface area contributed by atoms with E-state index in [-0.39, 0.29) is 42.1 Å². The summed E-state index contributed by atoms with van der Waals surface area (Å²) in [6.45, 7) is 4.11. The second kappa shape index (κ2) is 10.2. The Balaban J connectivity index is 0.00000241. The Hall–Kier alpha value is -0.980. The Morgan fingerprint density at radius 1 is 0.853 bits per heavy atom. The fraction of sp³-hybridized carbons (Fsp3) is 0.889. The van der Waals surface area contributed by atoms with Crippen LogP contribution in [0.4, 0.5) is 0 Å². The first-order chi connectivity index (χ1) is 16.1. The van der Waals surface area contributed by atoms with Crippen LogP contribution in [0.3, 0.4) is 0 Å². The maximum atomic E-state index is 13.8. The molecule has 2 amide bonds. The number of imide groups is 1. The molecule has 0 radical (unpaired) electrons. The topological polar surface area (TPSA) is 69.7 Å². The fourth-order valence-corrected chi connectivity index (χ4v) is 8.94. The highest BCUT2D eigenvalue weighted by Gasteiger charge is 2.52. The summed E-state index contributed by atoms with van der Waals surface area (Å²) >= 11 is 0. The van der Waals surface area contributed by atoms with E-state index < -0.39 is 0 Å². The minimum atomic E-state index is -0.0394. The minimum absolute atomic E-state index is 0. The molecular formula is C27H42ClN3O3. The van der Waals surface area contributed by atoms with Crippen molar-refractivity contribution in [3.8, 4) is 0 Å². The predicted octanol–water partition coefficient (Wildman–Crippen LogP) is 3.28. The Labute approximate surface area is 210 Å². The number of carbonyl (C=O) groups is 3. The Bertz CT molecular complexity index is 752. The molecule has 2 aliphatic heterocycles. The number of halogens is 1. The average Bonchev–Trinajstić information content (AvgIpc) is 3.06. The van der Waals surface area contributed by atoms with Crippen molar-refractivity contribution in [2.24, 2.45) is 41.4 Å². The molecule has 1 N–H and O–H groups in total. The predicted molar refractivity (Wildman–Crippen MR) is 132 cm³/mol. The molecule has 5 aliphatic carbocycles. The minimum Gasteiger partial charge on any atom is -0.313 e. The highest BCUT2D eigenvalue weighted by Crippen LogP contribution is 2.57. The van der Waals surface area contributed by atoms with Crippen molar-refractivity contribution in [3.05, 3.63) is 0 Å². The number of nitrogens with zero attached hydrogens (tertiary/aromatic N) is 2. The molecule has 0 aromatic rings. The van der Waals surface area contributed by atoms with Crippen molar-refractivity contribution in [1.82, 2.24) is 15.1 Å². The summed E-state index contributed by atoms with van der Waals surface area (Å²) < 4.78 is 0. The van der Waals surface area contributed by atoms with E-state index in [2.05, 4.69) is 10.2 Å². The van der Waals surface area contributed by atoms with E-state index in [1.165, 1.54) is 32.1 Å². The van der Waals surface area contributed by atoms with Gasteiger partial charge in [-0.1, -0.05) is 12.8 Å². The van der Waals surface area contributed by atoms with E-state index in [1.807, 2.05) is 0 Å². The quantitative estimate of drug-likeness (QED) is 0.437. The van der Waals surface area contributed by atoms with Crippen LogP contribution < -0.4 is 5.32 Å². The summed E-state index contributed by atoms with van der Waals surface area (Å²) in [5, 5.41) is 3.48. The van der Waals surface area contributed by atoms with E-state index in [4.69, 9.17) is 0 Å². The van der Waals surface area contributed by atoms with Crippen molar-refractivity contribution in [2.75, 3.05) is 32.7 Å². The highest BCUT2D eigenvalue weighted by atomic mass is 35.5. The molecule has 2 saturated heterocycles. The van der Waals surface area contributed by atoms with Crippen LogP contribution in [0.2, 0.25) is 0 Å². The molecule has 7 fully saturated rings. The van der Waals surface area contributed by atoms with Gasteiger partial charge in [0.1, 0.15) is 0 Å². The molecule has 0 spiro atoms. The van der Waals surface area contributed by atoms with E-state index in [1.54, 1.807) is 4.90 Å². The van der Waals surface area contributed by atoms with Crippen LogP contribution in [-0.2, 0) is 14.4 Å². The number of carbonyl (C=O) groups excluding carboxylic acids is 3. The number of fused-ring (bicyclic) bond motifs is 1. The molecule has 34 heavy (non-hydrogen) atoms. The zero-order valence-corrected chi connectivity index (χ0v) is 21.3. The smallest absolute Gasteiger partial charge is 0.233 e. The molecule has 7 aliphatic rings. The first-order valence-corrected chi connectivity index (χ1v) is 13.9. The van der Waals surface area contributed by atoms with Gasteiger partial charge in [0.05, 0.1) is 17.9 Å². The molecule has 4 bridgehead atoms. The highest BCUT2D eigenvalue weighted by molar-refractivity contribution is 6.05. The number of hydrogen-bond acceptors (Lipinski definition) is 5. The van der Waals surface area contributed by atoms with Gasteiger partial charge in [-0.25, -0.2) is 0 Å². The van der Waals surface area contributed by atoms with Crippen LogP contribution in [0, 0.1) is 41.4 Å². The van der Waals surface area contributed by atoms with E-state index in [9.17, 15) is 14.4 Å².